The van der Waals surface area contributed by atoms with Crippen molar-refractivity contribution in [2.45, 2.75) is 50.7 Å². The van der Waals surface area contributed by atoms with Crippen LogP contribution in [-0.2, 0) is 16.4 Å². The van der Waals surface area contributed by atoms with Crippen LogP contribution in [0.3, 0.4) is 0 Å². The number of benzene rings is 1. The quantitative estimate of drug-likeness (QED) is 0.907. The Morgan fingerprint density at radius 2 is 1.96 bits per heavy atom. The number of sulfonamides is 1. The van der Waals surface area contributed by atoms with E-state index in [1.165, 1.54) is 0 Å². The van der Waals surface area contributed by atoms with Crippen molar-refractivity contribution >= 4 is 15.7 Å². The second-order valence-corrected chi connectivity index (χ2v) is 7.94. The van der Waals surface area contributed by atoms with E-state index in [-0.39, 0.29) is 5.25 Å². The Labute approximate surface area is 136 Å². The van der Waals surface area contributed by atoms with Gasteiger partial charge in [-0.05, 0) is 31.4 Å². The summed E-state index contributed by atoms with van der Waals surface area (Å²) in [4.78, 5) is 4.18. The molecule has 1 aliphatic carbocycles. The van der Waals surface area contributed by atoms with Crippen LogP contribution >= 0.6 is 0 Å². The predicted molar refractivity (Wildman–Crippen MR) is 87.7 cm³/mol. The van der Waals surface area contributed by atoms with Gasteiger partial charge in [-0.2, -0.15) is 4.98 Å². The molecule has 1 N–H and O–H groups in total. The Bertz CT molecular complexity index is 764. The molecule has 2 aromatic rings. The Balaban J connectivity index is 1.79. The number of hydrogen-bond acceptors (Lipinski definition) is 5. The minimum atomic E-state index is -3.36. The maximum atomic E-state index is 12.6. The third-order valence-electron chi connectivity index (χ3n) is 4.17. The van der Waals surface area contributed by atoms with Crippen LogP contribution in [0.1, 0.15) is 49.4 Å². The average molecular weight is 335 g/mol. The van der Waals surface area contributed by atoms with Crippen molar-refractivity contribution in [1.82, 2.24) is 10.1 Å². The summed E-state index contributed by atoms with van der Waals surface area (Å²) in [6, 6.07) is 7.34. The lowest BCUT2D eigenvalue weighted by molar-refractivity contribution is 0.381. The predicted octanol–water partition coefficient (Wildman–Crippen LogP) is 3.04. The normalized spacial score (nSPS) is 16.4. The van der Waals surface area contributed by atoms with Crippen LogP contribution < -0.4 is 4.72 Å². The summed E-state index contributed by atoms with van der Waals surface area (Å²) in [6.07, 6.45) is 4.97. The second kappa shape index (κ2) is 6.70. The molecular weight excluding hydrogens is 314 g/mol. The summed E-state index contributed by atoms with van der Waals surface area (Å²) >= 11 is 0. The van der Waals surface area contributed by atoms with Gasteiger partial charge in [-0.1, -0.05) is 42.6 Å². The SMILES string of the molecule is Cc1noc(Cc2ccccc2NS(=O)(=O)C2CCCCC2)n1. The molecule has 23 heavy (non-hydrogen) atoms. The molecule has 1 saturated carbocycles. The molecule has 1 fully saturated rings. The number of rotatable bonds is 5. The van der Waals surface area contributed by atoms with Crippen molar-refractivity contribution in [2.24, 2.45) is 0 Å². The first kappa shape index (κ1) is 16.0. The van der Waals surface area contributed by atoms with Gasteiger partial charge in [-0.25, -0.2) is 8.42 Å². The summed E-state index contributed by atoms with van der Waals surface area (Å²) in [5.41, 5.74) is 1.42. The van der Waals surface area contributed by atoms with E-state index in [4.69, 9.17) is 4.52 Å². The van der Waals surface area contributed by atoms with Crippen molar-refractivity contribution in [3.05, 3.63) is 41.5 Å². The monoisotopic (exact) mass is 335 g/mol. The zero-order valence-electron chi connectivity index (χ0n) is 13.2. The standard InChI is InChI=1S/C16H21N3O3S/c1-12-17-16(22-18-12)11-13-7-5-6-10-15(13)19-23(20,21)14-8-3-2-4-9-14/h5-7,10,14,19H,2-4,8-9,11H2,1H3. The van der Waals surface area contributed by atoms with E-state index in [1.54, 1.807) is 13.0 Å². The highest BCUT2D eigenvalue weighted by atomic mass is 32.2. The van der Waals surface area contributed by atoms with Gasteiger partial charge in [-0.3, -0.25) is 4.72 Å². The molecule has 1 aromatic carbocycles. The average Bonchev–Trinajstić information content (AvgIpc) is 2.95. The molecule has 0 amide bonds. The molecule has 124 valence electrons. The molecule has 1 aromatic heterocycles. The van der Waals surface area contributed by atoms with Crippen LogP contribution in [0.2, 0.25) is 0 Å². The fraction of sp³-hybridized carbons (Fsp3) is 0.500. The Morgan fingerprint density at radius 3 is 2.65 bits per heavy atom. The van der Waals surface area contributed by atoms with E-state index in [1.807, 2.05) is 18.2 Å². The molecule has 0 unspecified atom stereocenters. The molecule has 3 rings (SSSR count). The number of aromatic nitrogens is 2. The van der Waals surface area contributed by atoms with Gasteiger partial charge in [0.05, 0.1) is 17.4 Å². The molecule has 0 spiro atoms. The van der Waals surface area contributed by atoms with Crippen LogP contribution in [0.5, 0.6) is 0 Å². The third-order valence-corrected chi connectivity index (χ3v) is 6.03. The second-order valence-electron chi connectivity index (χ2n) is 5.98. The van der Waals surface area contributed by atoms with Crippen LogP contribution in [0, 0.1) is 6.92 Å². The number of nitrogens with zero attached hydrogens (tertiary/aromatic N) is 2. The van der Waals surface area contributed by atoms with Crippen molar-refractivity contribution in [3.8, 4) is 0 Å². The molecule has 1 heterocycles. The van der Waals surface area contributed by atoms with Gasteiger partial charge in [0, 0.05) is 0 Å². The highest BCUT2D eigenvalue weighted by Crippen LogP contribution is 2.27. The lowest BCUT2D eigenvalue weighted by Gasteiger charge is -2.23. The number of aryl methyl sites for hydroxylation is 1. The van der Waals surface area contributed by atoms with E-state index in [0.717, 1.165) is 37.7 Å². The van der Waals surface area contributed by atoms with E-state index in [2.05, 4.69) is 14.9 Å². The Morgan fingerprint density at radius 1 is 1.22 bits per heavy atom. The highest BCUT2D eigenvalue weighted by molar-refractivity contribution is 7.93. The van der Waals surface area contributed by atoms with E-state index in [0.29, 0.717) is 23.8 Å². The molecule has 0 saturated heterocycles. The topological polar surface area (TPSA) is 85.1 Å². The van der Waals surface area contributed by atoms with Gasteiger partial charge in [0.15, 0.2) is 5.82 Å². The molecule has 0 bridgehead atoms. The Kier molecular flexibility index (Phi) is 4.66. The van der Waals surface area contributed by atoms with Gasteiger partial charge in [-0.15, -0.1) is 0 Å². The lowest BCUT2D eigenvalue weighted by atomic mass is 10.0. The molecule has 0 atom stereocenters. The number of para-hydroxylation sites is 1. The number of anilines is 1. The zero-order chi connectivity index (χ0) is 16.3. The van der Waals surface area contributed by atoms with Crippen molar-refractivity contribution in [1.29, 1.82) is 0 Å². The van der Waals surface area contributed by atoms with Crippen molar-refractivity contribution in [2.75, 3.05) is 4.72 Å². The smallest absolute Gasteiger partial charge is 0.235 e. The first-order valence-corrected chi connectivity index (χ1v) is 9.48. The van der Waals surface area contributed by atoms with Crippen LogP contribution in [0.15, 0.2) is 28.8 Å². The summed E-state index contributed by atoms with van der Waals surface area (Å²) in [6.45, 7) is 1.75. The van der Waals surface area contributed by atoms with Crippen LogP contribution in [-0.4, -0.2) is 23.8 Å². The summed E-state index contributed by atoms with van der Waals surface area (Å²) in [5, 5.41) is 3.47. The minimum absolute atomic E-state index is 0.296. The molecule has 0 aliphatic heterocycles. The zero-order valence-corrected chi connectivity index (χ0v) is 14.0. The van der Waals surface area contributed by atoms with E-state index >= 15 is 0 Å². The molecule has 6 nitrogen and oxygen atoms in total. The van der Waals surface area contributed by atoms with Crippen LogP contribution in [0.4, 0.5) is 5.69 Å². The first-order chi connectivity index (χ1) is 11.0. The van der Waals surface area contributed by atoms with E-state index < -0.39 is 10.0 Å². The third kappa shape index (κ3) is 3.90. The van der Waals surface area contributed by atoms with Gasteiger partial charge >= 0.3 is 0 Å². The minimum Gasteiger partial charge on any atom is -0.339 e. The summed E-state index contributed by atoms with van der Waals surface area (Å²) in [7, 11) is -3.36. The van der Waals surface area contributed by atoms with Gasteiger partial charge in [0.1, 0.15) is 0 Å². The first-order valence-electron chi connectivity index (χ1n) is 7.93. The number of nitrogens with one attached hydrogen (secondary N) is 1. The van der Waals surface area contributed by atoms with Gasteiger partial charge in [0.25, 0.3) is 0 Å². The summed E-state index contributed by atoms with van der Waals surface area (Å²) < 4.78 is 33.1. The molecular formula is C16H21N3O3S. The number of hydrogen-bond donors (Lipinski definition) is 1. The molecule has 0 radical (unpaired) electrons. The fourth-order valence-electron chi connectivity index (χ4n) is 2.96. The lowest BCUT2D eigenvalue weighted by Crippen LogP contribution is -2.30. The van der Waals surface area contributed by atoms with Crippen molar-refractivity contribution in [3.63, 3.8) is 0 Å². The maximum Gasteiger partial charge on any atom is 0.235 e. The fourth-order valence-corrected chi connectivity index (χ4v) is 4.59. The molecule has 1 aliphatic rings. The summed E-state index contributed by atoms with van der Waals surface area (Å²) in [5.74, 6) is 1.05. The highest BCUT2D eigenvalue weighted by Gasteiger charge is 2.27. The van der Waals surface area contributed by atoms with Gasteiger partial charge in [0.2, 0.25) is 15.9 Å². The molecule has 7 heteroatoms. The maximum absolute atomic E-state index is 12.6. The van der Waals surface area contributed by atoms with E-state index in [9.17, 15) is 8.42 Å². The van der Waals surface area contributed by atoms with Crippen molar-refractivity contribution < 1.29 is 12.9 Å². The van der Waals surface area contributed by atoms with Crippen LogP contribution in [0.25, 0.3) is 0 Å². The van der Waals surface area contributed by atoms with Gasteiger partial charge < -0.3 is 4.52 Å². The largest absolute Gasteiger partial charge is 0.339 e. The Hall–Kier alpha value is -1.89.